The third-order valence-corrected chi connectivity index (χ3v) is 6.40. The standard InChI is InChI=1S/C27H37N7O/c1-6-8-25(35)32-20-10-7-9-19(13-20)15-28-24-14-23(31-21-11-12-27(4,5)29-16-21)33-26-22(18(2)3)17-30-34(24)26/h6-10,13-14,17-18,21,28-29H,11-12,15-16H2,1-5H3,(H,31,33)(H,32,35)/b8-6+/t21-/m1/s1. The van der Waals surface area contributed by atoms with Crippen LogP contribution in [0, 0.1) is 0 Å². The maximum Gasteiger partial charge on any atom is 0.248 e. The zero-order valence-electron chi connectivity index (χ0n) is 21.4. The monoisotopic (exact) mass is 475 g/mol. The van der Waals surface area contributed by atoms with Crippen molar-refractivity contribution in [2.24, 2.45) is 0 Å². The van der Waals surface area contributed by atoms with E-state index in [9.17, 15) is 4.79 Å². The molecular weight excluding hydrogens is 438 g/mol. The highest BCUT2D eigenvalue weighted by atomic mass is 16.1. The number of benzene rings is 1. The molecule has 8 heteroatoms. The highest BCUT2D eigenvalue weighted by Gasteiger charge is 2.26. The van der Waals surface area contributed by atoms with Gasteiger partial charge in [0.1, 0.15) is 11.6 Å². The fourth-order valence-electron chi connectivity index (χ4n) is 4.33. The van der Waals surface area contributed by atoms with Crippen LogP contribution in [0.15, 0.2) is 48.7 Å². The van der Waals surface area contributed by atoms with Crippen molar-refractivity contribution in [3.05, 3.63) is 59.8 Å². The number of anilines is 3. The van der Waals surface area contributed by atoms with E-state index >= 15 is 0 Å². The van der Waals surface area contributed by atoms with Crippen LogP contribution >= 0.6 is 0 Å². The van der Waals surface area contributed by atoms with Gasteiger partial charge in [0.15, 0.2) is 5.65 Å². The zero-order valence-corrected chi connectivity index (χ0v) is 21.4. The van der Waals surface area contributed by atoms with Gasteiger partial charge < -0.3 is 21.3 Å². The van der Waals surface area contributed by atoms with Crippen LogP contribution in [0.2, 0.25) is 0 Å². The Morgan fingerprint density at radius 3 is 2.86 bits per heavy atom. The fourth-order valence-corrected chi connectivity index (χ4v) is 4.33. The van der Waals surface area contributed by atoms with Crippen molar-refractivity contribution in [2.45, 2.75) is 71.5 Å². The lowest BCUT2D eigenvalue weighted by Gasteiger charge is -2.36. The van der Waals surface area contributed by atoms with Crippen LogP contribution in [0.25, 0.3) is 5.65 Å². The van der Waals surface area contributed by atoms with Crippen molar-refractivity contribution in [1.82, 2.24) is 19.9 Å². The van der Waals surface area contributed by atoms with Crippen molar-refractivity contribution in [2.75, 3.05) is 22.5 Å². The van der Waals surface area contributed by atoms with Gasteiger partial charge in [-0.1, -0.05) is 32.1 Å². The van der Waals surface area contributed by atoms with Gasteiger partial charge in [-0.25, -0.2) is 4.98 Å². The normalized spacial score (nSPS) is 17.7. The van der Waals surface area contributed by atoms with E-state index in [-0.39, 0.29) is 11.4 Å². The van der Waals surface area contributed by atoms with Gasteiger partial charge in [-0.2, -0.15) is 9.61 Å². The number of carbonyl (C=O) groups excluding carboxylic acids is 1. The summed E-state index contributed by atoms with van der Waals surface area (Å²) in [5.74, 6) is 1.90. The number of hydrogen-bond donors (Lipinski definition) is 4. The molecular formula is C27H37N7O. The third-order valence-electron chi connectivity index (χ3n) is 6.40. The minimum atomic E-state index is -0.137. The Morgan fingerprint density at radius 2 is 2.14 bits per heavy atom. The number of nitrogens with one attached hydrogen (secondary N) is 4. The van der Waals surface area contributed by atoms with E-state index in [1.807, 2.05) is 48.0 Å². The summed E-state index contributed by atoms with van der Waals surface area (Å²) in [7, 11) is 0. The van der Waals surface area contributed by atoms with E-state index in [1.165, 1.54) is 6.08 Å². The molecule has 4 rings (SSSR count). The zero-order chi connectivity index (χ0) is 25.0. The first-order chi connectivity index (χ1) is 16.7. The summed E-state index contributed by atoms with van der Waals surface area (Å²) < 4.78 is 1.88. The van der Waals surface area contributed by atoms with Crippen LogP contribution in [0.1, 0.15) is 64.5 Å². The van der Waals surface area contributed by atoms with Crippen molar-refractivity contribution in [3.8, 4) is 0 Å². The quantitative estimate of drug-likeness (QED) is 0.345. The van der Waals surface area contributed by atoms with Gasteiger partial charge >= 0.3 is 0 Å². The van der Waals surface area contributed by atoms with Crippen LogP contribution in [-0.4, -0.2) is 38.6 Å². The average molecular weight is 476 g/mol. The molecule has 1 amide bonds. The first-order valence-electron chi connectivity index (χ1n) is 12.4. The molecule has 1 aliphatic rings. The van der Waals surface area contributed by atoms with Gasteiger partial charge in [0.2, 0.25) is 5.91 Å². The second kappa shape index (κ2) is 10.5. The Morgan fingerprint density at radius 1 is 1.31 bits per heavy atom. The smallest absolute Gasteiger partial charge is 0.248 e. The van der Waals surface area contributed by atoms with Gasteiger partial charge in [-0.3, -0.25) is 4.79 Å². The van der Waals surface area contributed by atoms with Crippen LogP contribution in [0.4, 0.5) is 17.3 Å². The molecule has 1 atom stereocenters. The van der Waals surface area contributed by atoms with E-state index < -0.39 is 0 Å². The molecule has 0 aliphatic carbocycles. The predicted molar refractivity (Wildman–Crippen MR) is 143 cm³/mol. The van der Waals surface area contributed by atoms with E-state index in [2.05, 4.69) is 54.1 Å². The van der Waals surface area contributed by atoms with Crippen molar-refractivity contribution < 1.29 is 4.79 Å². The lowest BCUT2D eigenvalue weighted by Crippen LogP contribution is -2.50. The fraction of sp³-hybridized carbons (Fsp3) is 0.444. The molecule has 0 radical (unpaired) electrons. The number of carbonyl (C=O) groups is 1. The summed E-state index contributed by atoms with van der Waals surface area (Å²) >= 11 is 0. The molecule has 4 N–H and O–H groups in total. The van der Waals surface area contributed by atoms with E-state index in [0.29, 0.717) is 18.5 Å². The van der Waals surface area contributed by atoms with Crippen LogP contribution in [0.5, 0.6) is 0 Å². The second-order valence-corrected chi connectivity index (χ2v) is 10.2. The predicted octanol–water partition coefficient (Wildman–Crippen LogP) is 4.92. The number of nitrogens with zero attached hydrogens (tertiary/aromatic N) is 3. The number of hydrogen-bond acceptors (Lipinski definition) is 6. The summed E-state index contributed by atoms with van der Waals surface area (Å²) in [4.78, 5) is 16.8. The number of piperidine rings is 1. The molecule has 3 heterocycles. The first-order valence-corrected chi connectivity index (χ1v) is 12.4. The topological polar surface area (TPSA) is 95.4 Å². The molecule has 3 aromatic rings. The van der Waals surface area contributed by atoms with Crippen molar-refractivity contribution >= 4 is 28.9 Å². The number of fused-ring (bicyclic) bond motifs is 1. The molecule has 0 unspecified atom stereocenters. The summed E-state index contributed by atoms with van der Waals surface area (Å²) in [6, 6.07) is 10.2. The van der Waals surface area contributed by atoms with Crippen molar-refractivity contribution in [1.29, 1.82) is 0 Å². The molecule has 1 saturated heterocycles. The molecule has 2 aromatic heterocycles. The highest BCUT2D eigenvalue weighted by molar-refractivity contribution is 5.99. The molecule has 0 saturated carbocycles. The lowest BCUT2D eigenvalue weighted by atomic mass is 9.91. The first kappa shape index (κ1) is 24.7. The summed E-state index contributed by atoms with van der Waals surface area (Å²) in [6.45, 7) is 12.1. The molecule has 1 fully saturated rings. The summed E-state index contributed by atoms with van der Waals surface area (Å²) in [5.41, 5.74) is 3.98. The maximum atomic E-state index is 11.9. The number of aromatic nitrogens is 3. The van der Waals surface area contributed by atoms with E-state index in [4.69, 9.17) is 4.98 Å². The second-order valence-electron chi connectivity index (χ2n) is 10.2. The molecule has 35 heavy (non-hydrogen) atoms. The number of rotatable bonds is 8. The van der Waals surface area contributed by atoms with Gasteiger partial charge in [-0.15, -0.1) is 0 Å². The Kier molecular flexibility index (Phi) is 7.40. The lowest BCUT2D eigenvalue weighted by molar-refractivity contribution is -0.111. The van der Waals surface area contributed by atoms with Crippen LogP contribution in [-0.2, 0) is 11.3 Å². The minimum absolute atomic E-state index is 0.137. The Balaban J connectivity index is 1.55. The Hall–Kier alpha value is -3.39. The highest BCUT2D eigenvalue weighted by Crippen LogP contribution is 2.26. The van der Waals surface area contributed by atoms with Gasteiger partial charge in [0, 0.05) is 42.0 Å². The van der Waals surface area contributed by atoms with E-state index in [0.717, 1.165) is 53.5 Å². The largest absolute Gasteiger partial charge is 0.366 e. The van der Waals surface area contributed by atoms with Crippen LogP contribution in [0.3, 0.4) is 0 Å². The Labute approximate surface area is 207 Å². The number of allylic oxidation sites excluding steroid dienone is 1. The van der Waals surface area contributed by atoms with Gasteiger partial charge in [-0.05, 0) is 63.3 Å². The summed E-state index contributed by atoms with van der Waals surface area (Å²) in [5, 5.41) is 18.3. The molecule has 1 aromatic carbocycles. The van der Waals surface area contributed by atoms with E-state index in [1.54, 1.807) is 6.08 Å². The SMILES string of the molecule is C/C=C/C(=O)Nc1cccc(CNc2cc(N[C@@H]3CCC(C)(C)NC3)nc3c(C(C)C)cnn23)c1. The molecule has 0 bridgehead atoms. The van der Waals surface area contributed by atoms with Gasteiger partial charge in [0.05, 0.1) is 6.20 Å². The molecule has 186 valence electrons. The summed E-state index contributed by atoms with van der Waals surface area (Å²) in [6.07, 6.45) is 7.35. The molecule has 1 aliphatic heterocycles. The maximum absolute atomic E-state index is 11.9. The van der Waals surface area contributed by atoms with Gasteiger partial charge in [0.25, 0.3) is 0 Å². The Bertz CT molecular complexity index is 1200. The number of amides is 1. The third kappa shape index (κ3) is 6.19. The van der Waals surface area contributed by atoms with Crippen molar-refractivity contribution in [3.63, 3.8) is 0 Å². The van der Waals surface area contributed by atoms with Crippen LogP contribution < -0.4 is 21.3 Å². The molecule has 8 nitrogen and oxygen atoms in total. The molecule has 0 spiro atoms. The average Bonchev–Trinajstić information content (AvgIpc) is 3.24. The minimum Gasteiger partial charge on any atom is -0.366 e.